The molecule has 0 aromatic heterocycles. The molecule has 0 amide bonds. The van der Waals surface area contributed by atoms with Crippen molar-refractivity contribution in [3.05, 3.63) is 12.2 Å². The maximum absolute atomic E-state index is 11.8. The van der Waals surface area contributed by atoms with Gasteiger partial charge in [0.25, 0.3) is 0 Å². The number of rotatable bonds is 10. The first-order valence-electron chi connectivity index (χ1n) is 5.88. The van der Waals surface area contributed by atoms with Crippen LogP contribution in [0.15, 0.2) is 12.2 Å². The van der Waals surface area contributed by atoms with Crippen LogP contribution in [0, 0.1) is 0 Å². The number of hydrogen-bond donors (Lipinski definition) is 0. The molecule has 98 valence electrons. The zero-order valence-electron chi connectivity index (χ0n) is 10.3. The van der Waals surface area contributed by atoms with Gasteiger partial charge in [-0.15, -0.1) is 0 Å². The largest absolute Gasteiger partial charge is 0.462 e. The molecule has 5 heteroatoms. The van der Waals surface area contributed by atoms with Crippen molar-refractivity contribution >= 4 is 15.5 Å². The summed E-state index contributed by atoms with van der Waals surface area (Å²) < 4.78 is 28.5. The lowest BCUT2D eigenvalue weighted by molar-refractivity contribution is -0.139. The number of hydrogen-bond acceptors (Lipinski definition) is 2. The van der Waals surface area contributed by atoms with Gasteiger partial charge in [0.15, 0.2) is 0 Å². The van der Waals surface area contributed by atoms with Gasteiger partial charge in [0, 0.05) is 5.57 Å². The number of carbonyl (C=O) groups is 1. The average Bonchev–Trinajstić information content (AvgIpc) is 2.25. The van der Waals surface area contributed by atoms with E-state index in [1.54, 1.807) is 6.92 Å². The number of halogens is 2. The SMILES string of the molecule is C=C(C)C(=O)OCCCCCCC[Si]C(F)F. The third-order valence-corrected chi connectivity index (χ3v) is 3.15. The Morgan fingerprint density at radius 1 is 1.24 bits per heavy atom. The molecule has 0 saturated carbocycles. The smallest absolute Gasteiger partial charge is 0.333 e. The Bertz CT molecular complexity index is 233. The van der Waals surface area contributed by atoms with Gasteiger partial charge >= 0.3 is 5.97 Å². The molecule has 0 rings (SSSR count). The lowest BCUT2D eigenvalue weighted by Gasteiger charge is -2.04. The standard InChI is InChI=1S/C12H20F2O2Si/c1-10(2)11(15)16-8-6-4-3-5-7-9-17-12(13)14/h12H,1,3-9H2,2H3. The number of alkyl halides is 2. The second-order valence-corrected chi connectivity index (χ2v) is 5.28. The Hall–Kier alpha value is -0.713. The summed E-state index contributed by atoms with van der Waals surface area (Å²) in [5, 5.41) is 0. The van der Waals surface area contributed by atoms with Crippen LogP contribution in [-0.2, 0) is 9.53 Å². The van der Waals surface area contributed by atoms with Gasteiger partial charge < -0.3 is 4.74 Å². The van der Waals surface area contributed by atoms with Gasteiger partial charge in [-0.2, -0.15) is 0 Å². The number of unbranched alkanes of at least 4 members (excludes halogenated alkanes) is 4. The first kappa shape index (κ1) is 16.3. The first-order chi connectivity index (χ1) is 8.04. The van der Waals surface area contributed by atoms with E-state index in [-0.39, 0.29) is 15.5 Å². The molecule has 17 heavy (non-hydrogen) atoms. The maximum Gasteiger partial charge on any atom is 0.333 e. The molecule has 0 atom stereocenters. The van der Waals surface area contributed by atoms with Gasteiger partial charge in [0.1, 0.15) is 9.52 Å². The van der Waals surface area contributed by atoms with E-state index < -0.39 is 6.05 Å². The molecule has 2 nitrogen and oxygen atoms in total. The summed E-state index contributed by atoms with van der Waals surface area (Å²) in [6.45, 7) is 5.52. The lowest BCUT2D eigenvalue weighted by Crippen LogP contribution is -2.06. The van der Waals surface area contributed by atoms with Crippen molar-refractivity contribution in [1.82, 2.24) is 0 Å². The summed E-state index contributed by atoms with van der Waals surface area (Å²) in [5.74, 6) is -0.344. The minimum Gasteiger partial charge on any atom is -0.462 e. The fourth-order valence-corrected chi connectivity index (χ4v) is 1.93. The highest BCUT2D eigenvalue weighted by Crippen LogP contribution is 2.07. The van der Waals surface area contributed by atoms with Crippen molar-refractivity contribution in [1.29, 1.82) is 0 Å². The van der Waals surface area contributed by atoms with E-state index in [4.69, 9.17) is 4.74 Å². The predicted molar refractivity (Wildman–Crippen MR) is 65.4 cm³/mol. The Morgan fingerprint density at radius 2 is 1.82 bits per heavy atom. The summed E-state index contributed by atoms with van der Waals surface area (Å²) in [5.41, 5.74) is 0.415. The third kappa shape index (κ3) is 11.5. The van der Waals surface area contributed by atoms with Crippen LogP contribution < -0.4 is 0 Å². The van der Waals surface area contributed by atoms with Crippen molar-refractivity contribution in [2.75, 3.05) is 6.61 Å². The van der Waals surface area contributed by atoms with E-state index >= 15 is 0 Å². The minimum absolute atomic E-state index is 0.218. The molecule has 2 radical (unpaired) electrons. The van der Waals surface area contributed by atoms with E-state index in [0.29, 0.717) is 18.2 Å². The molecule has 0 spiro atoms. The van der Waals surface area contributed by atoms with Crippen LogP contribution in [0.2, 0.25) is 6.04 Å². The second-order valence-electron chi connectivity index (χ2n) is 3.94. The van der Waals surface area contributed by atoms with E-state index in [1.807, 2.05) is 0 Å². The van der Waals surface area contributed by atoms with Crippen LogP contribution >= 0.6 is 0 Å². The zero-order valence-corrected chi connectivity index (χ0v) is 11.3. The molecular weight excluding hydrogens is 242 g/mol. The van der Waals surface area contributed by atoms with Gasteiger partial charge in [-0.1, -0.05) is 38.3 Å². The van der Waals surface area contributed by atoms with Gasteiger partial charge in [0.2, 0.25) is 6.05 Å². The maximum atomic E-state index is 11.8. The molecule has 0 heterocycles. The fraction of sp³-hybridized carbons (Fsp3) is 0.750. The van der Waals surface area contributed by atoms with Gasteiger partial charge in [-0.25, -0.2) is 13.6 Å². The Labute approximate surface area is 104 Å². The van der Waals surface area contributed by atoms with Crippen molar-refractivity contribution < 1.29 is 18.3 Å². The van der Waals surface area contributed by atoms with Crippen LogP contribution in [0.25, 0.3) is 0 Å². The second kappa shape index (κ2) is 10.4. The fourth-order valence-electron chi connectivity index (χ4n) is 1.26. The zero-order chi connectivity index (χ0) is 13.1. The topological polar surface area (TPSA) is 26.3 Å². The van der Waals surface area contributed by atoms with Gasteiger partial charge in [-0.05, 0) is 13.3 Å². The lowest BCUT2D eigenvalue weighted by atomic mass is 10.2. The summed E-state index contributed by atoms with van der Waals surface area (Å²) in [6, 6.07) is -1.51. The van der Waals surface area contributed by atoms with Crippen molar-refractivity contribution in [2.45, 2.75) is 51.1 Å². The van der Waals surface area contributed by atoms with Gasteiger partial charge in [-0.3, -0.25) is 0 Å². The van der Waals surface area contributed by atoms with Crippen LogP contribution in [0.1, 0.15) is 39.0 Å². The van der Waals surface area contributed by atoms with Crippen molar-refractivity contribution in [2.24, 2.45) is 0 Å². The Balaban J connectivity index is 3.14. The summed E-state index contributed by atoms with van der Waals surface area (Å²) >= 11 is 0. The summed E-state index contributed by atoms with van der Waals surface area (Å²) in [7, 11) is -0.218. The molecule has 0 aliphatic rings. The molecule has 0 aliphatic heterocycles. The highest BCUT2D eigenvalue weighted by molar-refractivity contribution is 6.36. The average molecular weight is 262 g/mol. The van der Waals surface area contributed by atoms with E-state index in [9.17, 15) is 13.6 Å². The van der Waals surface area contributed by atoms with Crippen molar-refractivity contribution in [3.63, 3.8) is 0 Å². The molecule has 0 aliphatic carbocycles. The number of esters is 1. The normalized spacial score (nSPS) is 10.6. The third-order valence-electron chi connectivity index (χ3n) is 2.20. The summed E-state index contributed by atoms with van der Waals surface area (Å²) in [6.07, 6.45) is 4.66. The monoisotopic (exact) mass is 262 g/mol. The van der Waals surface area contributed by atoms with Crippen LogP contribution in [0.5, 0.6) is 0 Å². The highest BCUT2D eigenvalue weighted by atomic mass is 28.2. The van der Waals surface area contributed by atoms with Crippen LogP contribution in [0.3, 0.4) is 0 Å². The van der Waals surface area contributed by atoms with Gasteiger partial charge in [0.05, 0.1) is 6.61 Å². The molecule has 0 aromatic carbocycles. The summed E-state index contributed by atoms with van der Waals surface area (Å²) in [4.78, 5) is 11.0. The first-order valence-corrected chi connectivity index (χ1v) is 7.16. The molecular formula is C12H20F2O2Si. The van der Waals surface area contributed by atoms with E-state index in [0.717, 1.165) is 32.1 Å². The Morgan fingerprint density at radius 3 is 2.41 bits per heavy atom. The van der Waals surface area contributed by atoms with Crippen LogP contribution in [0.4, 0.5) is 8.78 Å². The predicted octanol–water partition coefficient (Wildman–Crippen LogP) is 3.40. The minimum atomic E-state index is -2.14. The molecule has 0 bridgehead atoms. The molecule has 0 fully saturated rings. The number of ether oxygens (including phenoxy) is 1. The van der Waals surface area contributed by atoms with Crippen LogP contribution in [-0.4, -0.2) is 28.1 Å². The molecule has 0 saturated heterocycles. The quantitative estimate of drug-likeness (QED) is 0.261. The van der Waals surface area contributed by atoms with Crippen molar-refractivity contribution in [3.8, 4) is 0 Å². The van der Waals surface area contributed by atoms with E-state index in [1.165, 1.54) is 0 Å². The number of carbonyl (C=O) groups excluding carboxylic acids is 1. The highest BCUT2D eigenvalue weighted by Gasteiger charge is 2.03. The van der Waals surface area contributed by atoms with E-state index in [2.05, 4.69) is 6.58 Å². The molecule has 0 aromatic rings. The molecule has 0 N–H and O–H groups in total. The Kier molecular flexibility index (Phi) is 10.0. The molecule has 0 unspecified atom stereocenters.